The van der Waals surface area contributed by atoms with Gasteiger partial charge in [-0.3, -0.25) is 4.79 Å². The van der Waals surface area contributed by atoms with E-state index in [1.165, 1.54) is 6.07 Å². The maximum absolute atomic E-state index is 13.6. The molecule has 1 amide bonds. The number of nitrogens with two attached hydrogens (primary N) is 1. The van der Waals surface area contributed by atoms with Crippen molar-refractivity contribution in [1.82, 2.24) is 0 Å². The molecule has 0 heterocycles. The van der Waals surface area contributed by atoms with E-state index in [4.69, 9.17) is 17.3 Å². The summed E-state index contributed by atoms with van der Waals surface area (Å²) in [6, 6.07) is 9.57. The predicted octanol–water partition coefficient (Wildman–Crippen LogP) is 3.50. The quantitative estimate of drug-likeness (QED) is 0.906. The van der Waals surface area contributed by atoms with E-state index in [1.54, 1.807) is 30.3 Å². The van der Waals surface area contributed by atoms with Gasteiger partial charge >= 0.3 is 0 Å². The summed E-state index contributed by atoms with van der Waals surface area (Å²) >= 11 is 6.03. The van der Waals surface area contributed by atoms with Gasteiger partial charge in [-0.25, -0.2) is 4.39 Å². The van der Waals surface area contributed by atoms with Crippen molar-refractivity contribution in [2.45, 2.75) is 13.5 Å². The van der Waals surface area contributed by atoms with Gasteiger partial charge in [0.1, 0.15) is 5.82 Å². The zero-order chi connectivity index (χ0) is 14.7. The van der Waals surface area contributed by atoms with E-state index in [-0.39, 0.29) is 12.4 Å². The fourth-order valence-electron chi connectivity index (χ4n) is 1.84. The molecule has 104 valence electrons. The molecule has 0 spiro atoms. The Labute approximate surface area is 121 Å². The van der Waals surface area contributed by atoms with Crippen LogP contribution in [0.2, 0.25) is 5.02 Å². The number of nitrogens with one attached hydrogen (secondary N) is 1. The minimum atomic E-state index is -0.536. The molecule has 3 nitrogen and oxygen atoms in total. The maximum atomic E-state index is 13.6. The predicted molar refractivity (Wildman–Crippen MR) is 78.4 cm³/mol. The fraction of sp³-hybridized carbons (Fsp3) is 0.133. The summed E-state index contributed by atoms with van der Waals surface area (Å²) in [6.45, 7) is 2.17. The van der Waals surface area contributed by atoms with Crippen molar-refractivity contribution in [3.8, 4) is 0 Å². The standard InChI is InChI=1S/C15H14ClFN2O/c1-9-2-5-13(17)11(6-9)8-19-14-7-10(15(18)20)3-4-12(14)16/h2-7,19H,8H2,1H3,(H2,18,20). The van der Waals surface area contributed by atoms with Crippen LogP contribution < -0.4 is 11.1 Å². The molecule has 20 heavy (non-hydrogen) atoms. The van der Waals surface area contributed by atoms with E-state index in [0.29, 0.717) is 21.8 Å². The number of primary amides is 1. The number of carbonyl (C=O) groups is 1. The molecule has 2 rings (SSSR count). The third-order valence-electron chi connectivity index (χ3n) is 2.92. The van der Waals surface area contributed by atoms with Gasteiger partial charge in [-0.05, 0) is 31.2 Å². The Morgan fingerprint density at radius 1 is 1.30 bits per heavy atom. The van der Waals surface area contributed by atoms with Crippen molar-refractivity contribution in [3.05, 3.63) is 63.9 Å². The molecule has 3 N–H and O–H groups in total. The summed E-state index contributed by atoms with van der Waals surface area (Å²) < 4.78 is 13.6. The molecule has 0 saturated carbocycles. The number of amides is 1. The number of hydrogen-bond donors (Lipinski definition) is 2. The molecule has 0 unspecified atom stereocenters. The second-order valence-electron chi connectivity index (χ2n) is 4.51. The Morgan fingerprint density at radius 2 is 2.05 bits per heavy atom. The van der Waals surface area contributed by atoms with Gasteiger partial charge in [-0.1, -0.05) is 29.3 Å². The van der Waals surface area contributed by atoms with Gasteiger partial charge in [0.05, 0.1) is 10.7 Å². The van der Waals surface area contributed by atoms with Crippen LogP contribution in [0.4, 0.5) is 10.1 Å². The molecule has 0 fully saturated rings. The lowest BCUT2D eigenvalue weighted by molar-refractivity contribution is 0.100. The van der Waals surface area contributed by atoms with Crippen LogP contribution in [-0.2, 0) is 6.54 Å². The highest BCUT2D eigenvalue weighted by molar-refractivity contribution is 6.33. The van der Waals surface area contributed by atoms with Crippen molar-refractivity contribution in [1.29, 1.82) is 0 Å². The summed E-state index contributed by atoms with van der Waals surface area (Å²) in [5, 5.41) is 3.46. The van der Waals surface area contributed by atoms with Crippen LogP contribution in [0, 0.1) is 12.7 Å². The Kier molecular flexibility index (Phi) is 4.25. The largest absolute Gasteiger partial charge is 0.380 e. The van der Waals surface area contributed by atoms with E-state index in [0.717, 1.165) is 5.56 Å². The molecule has 0 bridgehead atoms. The molecule has 0 atom stereocenters. The Hall–Kier alpha value is -2.07. The number of aryl methyl sites for hydroxylation is 1. The normalized spacial score (nSPS) is 10.3. The summed E-state index contributed by atoms with van der Waals surface area (Å²) in [5.41, 5.74) is 7.61. The van der Waals surface area contributed by atoms with Crippen LogP contribution in [-0.4, -0.2) is 5.91 Å². The first-order valence-electron chi connectivity index (χ1n) is 6.05. The summed E-state index contributed by atoms with van der Waals surface area (Å²) in [5.74, 6) is -0.822. The molecule has 2 aromatic rings. The minimum absolute atomic E-state index is 0.273. The van der Waals surface area contributed by atoms with Crippen molar-refractivity contribution in [3.63, 3.8) is 0 Å². The zero-order valence-corrected chi connectivity index (χ0v) is 11.7. The van der Waals surface area contributed by atoms with Crippen LogP contribution in [0.5, 0.6) is 0 Å². The summed E-state index contributed by atoms with van der Waals surface area (Å²) in [6.07, 6.45) is 0. The van der Waals surface area contributed by atoms with Gasteiger partial charge in [0, 0.05) is 17.7 Å². The average Bonchev–Trinajstić information content (AvgIpc) is 2.41. The number of hydrogen-bond acceptors (Lipinski definition) is 2. The van der Waals surface area contributed by atoms with Crippen molar-refractivity contribution in [2.75, 3.05) is 5.32 Å². The molecule has 0 saturated heterocycles. The number of benzene rings is 2. The van der Waals surface area contributed by atoms with Gasteiger partial charge in [-0.2, -0.15) is 0 Å². The van der Waals surface area contributed by atoms with Crippen molar-refractivity contribution in [2.24, 2.45) is 5.73 Å². The smallest absolute Gasteiger partial charge is 0.248 e. The van der Waals surface area contributed by atoms with E-state index < -0.39 is 5.91 Å². The second kappa shape index (κ2) is 5.92. The lowest BCUT2D eigenvalue weighted by atomic mass is 10.1. The van der Waals surface area contributed by atoms with Gasteiger partial charge in [-0.15, -0.1) is 0 Å². The fourth-order valence-corrected chi connectivity index (χ4v) is 2.03. The van der Waals surface area contributed by atoms with E-state index in [2.05, 4.69) is 5.32 Å². The molecule has 5 heteroatoms. The first kappa shape index (κ1) is 14.3. The van der Waals surface area contributed by atoms with Crippen LogP contribution in [0.15, 0.2) is 36.4 Å². The van der Waals surface area contributed by atoms with E-state index in [1.807, 2.05) is 6.92 Å². The lowest BCUT2D eigenvalue weighted by Crippen LogP contribution is -2.11. The maximum Gasteiger partial charge on any atom is 0.248 e. The van der Waals surface area contributed by atoms with Crippen LogP contribution >= 0.6 is 11.6 Å². The Bertz CT molecular complexity index is 658. The minimum Gasteiger partial charge on any atom is -0.380 e. The first-order chi connectivity index (χ1) is 9.47. The van der Waals surface area contributed by atoms with Crippen molar-refractivity contribution >= 4 is 23.2 Å². The third kappa shape index (κ3) is 3.27. The summed E-state index contributed by atoms with van der Waals surface area (Å²) in [7, 11) is 0. The molecule has 2 aromatic carbocycles. The van der Waals surface area contributed by atoms with Crippen LogP contribution in [0.25, 0.3) is 0 Å². The van der Waals surface area contributed by atoms with Crippen LogP contribution in [0.1, 0.15) is 21.5 Å². The molecule has 0 aliphatic heterocycles. The molecule has 0 aliphatic rings. The molecule has 0 radical (unpaired) electrons. The number of rotatable bonds is 4. The highest BCUT2D eigenvalue weighted by atomic mass is 35.5. The zero-order valence-electron chi connectivity index (χ0n) is 10.9. The van der Waals surface area contributed by atoms with E-state index in [9.17, 15) is 9.18 Å². The SMILES string of the molecule is Cc1ccc(F)c(CNc2cc(C(N)=O)ccc2Cl)c1. The van der Waals surface area contributed by atoms with E-state index >= 15 is 0 Å². The topological polar surface area (TPSA) is 55.1 Å². The third-order valence-corrected chi connectivity index (χ3v) is 3.25. The van der Waals surface area contributed by atoms with Gasteiger partial charge in [0.2, 0.25) is 5.91 Å². The Morgan fingerprint density at radius 3 is 2.75 bits per heavy atom. The van der Waals surface area contributed by atoms with Gasteiger partial charge in [0.15, 0.2) is 0 Å². The first-order valence-corrected chi connectivity index (χ1v) is 6.43. The summed E-state index contributed by atoms with van der Waals surface area (Å²) in [4.78, 5) is 11.1. The van der Waals surface area contributed by atoms with Crippen molar-refractivity contribution < 1.29 is 9.18 Å². The average molecular weight is 293 g/mol. The number of halogens is 2. The van der Waals surface area contributed by atoms with Gasteiger partial charge < -0.3 is 11.1 Å². The number of carbonyl (C=O) groups excluding carboxylic acids is 1. The Balaban J connectivity index is 2.20. The number of anilines is 1. The van der Waals surface area contributed by atoms with Crippen LogP contribution in [0.3, 0.4) is 0 Å². The lowest BCUT2D eigenvalue weighted by Gasteiger charge is -2.11. The molecule has 0 aliphatic carbocycles. The highest BCUT2D eigenvalue weighted by Gasteiger charge is 2.07. The molecular formula is C15H14ClFN2O. The monoisotopic (exact) mass is 292 g/mol. The second-order valence-corrected chi connectivity index (χ2v) is 4.91. The van der Waals surface area contributed by atoms with Gasteiger partial charge in [0.25, 0.3) is 0 Å². The molecular weight excluding hydrogens is 279 g/mol. The molecule has 0 aromatic heterocycles. The highest BCUT2D eigenvalue weighted by Crippen LogP contribution is 2.24.